The van der Waals surface area contributed by atoms with Crippen molar-refractivity contribution >= 4 is 17.4 Å². The molecule has 4 N–H and O–H groups in total. The van der Waals surface area contributed by atoms with E-state index in [1.165, 1.54) is 6.33 Å². The van der Waals surface area contributed by atoms with Crippen LogP contribution in [0.1, 0.15) is 49.0 Å². The predicted octanol–water partition coefficient (Wildman–Crippen LogP) is 1.03. The SMILES string of the molecule is Nc1nc(NC2CC(c3cc(=O)[nH]c(C4CC4)n3)C2)cc2nncn12. The number of aromatic nitrogens is 6. The molecule has 3 aromatic rings. The van der Waals surface area contributed by atoms with Gasteiger partial charge in [-0.05, 0) is 25.7 Å². The van der Waals surface area contributed by atoms with E-state index in [0.717, 1.165) is 37.2 Å². The molecule has 0 aliphatic heterocycles. The van der Waals surface area contributed by atoms with Crippen molar-refractivity contribution < 1.29 is 0 Å². The molecule has 5 rings (SSSR count). The normalized spacial score (nSPS) is 22.7. The highest BCUT2D eigenvalue weighted by Gasteiger charge is 2.33. The average molecular weight is 338 g/mol. The van der Waals surface area contributed by atoms with Gasteiger partial charge in [0.25, 0.3) is 5.56 Å². The Bertz CT molecular complexity index is 999. The summed E-state index contributed by atoms with van der Waals surface area (Å²) in [4.78, 5) is 23.7. The van der Waals surface area contributed by atoms with Gasteiger partial charge in [-0.15, -0.1) is 10.2 Å². The Labute approximate surface area is 142 Å². The first-order valence-electron chi connectivity index (χ1n) is 8.49. The Morgan fingerprint density at radius 2 is 2.04 bits per heavy atom. The van der Waals surface area contributed by atoms with Gasteiger partial charge in [0, 0.05) is 30.0 Å². The van der Waals surface area contributed by atoms with E-state index >= 15 is 0 Å². The number of nitrogen functional groups attached to an aromatic ring is 1. The van der Waals surface area contributed by atoms with Crippen LogP contribution in [-0.4, -0.2) is 35.6 Å². The minimum absolute atomic E-state index is 0.0463. The molecule has 0 amide bonds. The van der Waals surface area contributed by atoms with Crippen LogP contribution in [0.4, 0.5) is 11.8 Å². The summed E-state index contributed by atoms with van der Waals surface area (Å²) in [6, 6.07) is 3.74. The van der Waals surface area contributed by atoms with Crippen LogP contribution in [0, 0.1) is 0 Å². The first-order valence-corrected chi connectivity index (χ1v) is 8.49. The maximum absolute atomic E-state index is 11.8. The van der Waals surface area contributed by atoms with Crippen molar-refractivity contribution in [3.05, 3.63) is 40.3 Å². The summed E-state index contributed by atoms with van der Waals surface area (Å²) in [5.74, 6) is 2.66. The molecule has 0 atom stereocenters. The van der Waals surface area contributed by atoms with Crippen molar-refractivity contribution in [3.8, 4) is 0 Å². The van der Waals surface area contributed by atoms with Crippen LogP contribution >= 0.6 is 0 Å². The molecule has 25 heavy (non-hydrogen) atoms. The Balaban J connectivity index is 1.29. The minimum atomic E-state index is -0.0463. The number of hydrogen-bond acceptors (Lipinski definition) is 7. The van der Waals surface area contributed by atoms with Crippen molar-refractivity contribution in [3.63, 3.8) is 0 Å². The van der Waals surface area contributed by atoms with Crippen molar-refractivity contribution in [2.24, 2.45) is 0 Å². The lowest BCUT2D eigenvalue weighted by Gasteiger charge is -2.35. The number of nitrogens with zero attached hydrogens (tertiary/aromatic N) is 5. The van der Waals surface area contributed by atoms with E-state index in [1.807, 2.05) is 6.07 Å². The van der Waals surface area contributed by atoms with E-state index in [0.29, 0.717) is 29.2 Å². The second kappa shape index (κ2) is 5.27. The van der Waals surface area contributed by atoms with E-state index in [9.17, 15) is 4.79 Å². The van der Waals surface area contributed by atoms with Gasteiger partial charge in [-0.3, -0.25) is 9.20 Å². The highest BCUT2D eigenvalue weighted by Crippen LogP contribution is 2.40. The van der Waals surface area contributed by atoms with Gasteiger partial charge in [0.05, 0.1) is 5.69 Å². The Morgan fingerprint density at radius 1 is 1.20 bits per heavy atom. The Hall–Kier alpha value is -2.97. The quantitative estimate of drug-likeness (QED) is 0.648. The van der Waals surface area contributed by atoms with Gasteiger partial charge in [-0.2, -0.15) is 4.98 Å². The number of anilines is 2. The summed E-state index contributed by atoms with van der Waals surface area (Å²) in [6.45, 7) is 0. The fourth-order valence-electron chi connectivity index (χ4n) is 3.37. The van der Waals surface area contributed by atoms with Crippen LogP contribution in [0.15, 0.2) is 23.3 Å². The molecule has 2 fully saturated rings. The zero-order chi connectivity index (χ0) is 17.0. The first-order chi connectivity index (χ1) is 12.2. The average Bonchev–Trinajstić information content (AvgIpc) is 3.28. The Morgan fingerprint density at radius 3 is 2.84 bits per heavy atom. The van der Waals surface area contributed by atoms with Gasteiger partial charge >= 0.3 is 0 Å². The number of H-pyrrole nitrogens is 1. The van der Waals surface area contributed by atoms with E-state index in [-0.39, 0.29) is 11.6 Å². The van der Waals surface area contributed by atoms with Crippen LogP contribution in [0.5, 0.6) is 0 Å². The second-order valence-electron chi connectivity index (χ2n) is 6.90. The first kappa shape index (κ1) is 14.4. The summed E-state index contributed by atoms with van der Waals surface area (Å²) < 4.78 is 1.63. The molecule has 0 unspecified atom stereocenters. The molecule has 0 spiro atoms. The fourth-order valence-corrected chi connectivity index (χ4v) is 3.37. The summed E-state index contributed by atoms with van der Waals surface area (Å²) in [7, 11) is 0. The Kier molecular flexibility index (Phi) is 3.03. The van der Waals surface area contributed by atoms with E-state index < -0.39 is 0 Å². The molecule has 9 nitrogen and oxygen atoms in total. The maximum Gasteiger partial charge on any atom is 0.251 e. The molecular weight excluding hydrogens is 320 g/mol. The molecular formula is C16H18N8O. The molecule has 0 saturated heterocycles. The molecule has 0 aromatic carbocycles. The van der Waals surface area contributed by atoms with Crippen molar-refractivity contribution in [1.82, 2.24) is 29.5 Å². The summed E-state index contributed by atoms with van der Waals surface area (Å²) in [5.41, 5.74) is 7.43. The lowest BCUT2D eigenvalue weighted by Crippen LogP contribution is -2.35. The van der Waals surface area contributed by atoms with Crippen molar-refractivity contribution in [2.75, 3.05) is 11.1 Å². The molecule has 3 aromatic heterocycles. The number of nitrogens with two attached hydrogens (primary N) is 1. The molecule has 128 valence electrons. The number of aromatic amines is 1. The van der Waals surface area contributed by atoms with E-state index in [4.69, 9.17) is 5.73 Å². The monoisotopic (exact) mass is 338 g/mol. The zero-order valence-corrected chi connectivity index (χ0v) is 13.5. The van der Waals surface area contributed by atoms with Gasteiger partial charge in [-0.1, -0.05) is 0 Å². The summed E-state index contributed by atoms with van der Waals surface area (Å²) in [5, 5.41) is 11.2. The molecule has 2 aliphatic rings. The van der Waals surface area contributed by atoms with Gasteiger partial charge < -0.3 is 16.0 Å². The summed E-state index contributed by atoms with van der Waals surface area (Å²) >= 11 is 0. The smallest absolute Gasteiger partial charge is 0.251 e. The third-order valence-electron chi connectivity index (χ3n) is 4.97. The van der Waals surface area contributed by atoms with Gasteiger partial charge in [0.15, 0.2) is 5.65 Å². The van der Waals surface area contributed by atoms with Crippen molar-refractivity contribution in [1.29, 1.82) is 0 Å². The zero-order valence-electron chi connectivity index (χ0n) is 13.5. The minimum Gasteiger partial charge on any atom is -0.369 e. The largest absolute Gasteiger partial charge is 0.369 e. The number of hydrogen-bond donors (Lipinski definition) is 3. The fraction of sp³-hybridized carbons (Fsp3) is 0.438. The highest BCUT2D eigenvalue weighted by atomic mass is 16.1. The molecule has 9 heteroatoms. The number of rotatable bonds is 4. The molecule has 2 aliphatic carbocycles. The van der Waals surface area contributed by atoms with Crippen LogP contribution in [-0.2, 0) is 0 Å². The molecule has 0 bridgehead atoms. The van der Waals surface area contributed by atoms with Gasteiger partial charge in [0.2, 0.25) is 5.95 Å². The van der Waals surface area contributed by atoms with Crippen LogP contribution in [0.25, 0.3) is 5.65 Å². The lowest BCUT2D eigenvalue weighted by molar-refractivity contribution is 0.365. The highest BCUT2D eigenvalue weighted by molar-refractivity contribution is 5.54. The van der Waals surface area contributed by atoms with Crippen molar-refractivity contribution in [2.45, 2.75) is 43.6 Å². The summed E-state index contributed by atoms with van der Waals surface area (Å²) in [6.07, 6.45) is 5.62. The maximum atomic E-state index is 11.8. The third-order valence-corrected chi connectivity index (χ3v) is 4.97. The standard InChI is InChI=1S/C16H18N8O/c17-16-21-12(6-13-23-18-7-24(13)16)19-10-3-9(4-10)11-5-14(25)22-15(20-11)8-1-2-8/h5-10,19H,1-4H2,(H2,17,21)(H,20,22,25). The van der Waals surface area contributed by atoms with Crippen LogP contribution < -0.4 is 16.6 Å². The second-order valence-corrected chi connectivity index (χ2v) is 6.90. The topological polar surface area (TPSA) is 127 Å². The van der Waals surface area contributed by atoms with E-state index in [2.05, 4.69) is 30.5 Å². The lowest BCUT2D eigenvalue weighted by atomic mass is 9.78. The van der Waals surface area contributed by atoms with E-state index in [1.54, 1.807) is 10.5 Å². The number of fused-ring (bicyclic) bond motifs is 1. The van der Waals surface area contributed by atoms with Crippen LogP contribution in [0.3, 0.4) is 0 Å². The van der Waals surface area contributed by atoms with Gasteiger partial charge in [-0.25, -0.2) is 4.98 Å². The predicted molar refractivity (Wildman–Crippen MR) is 91.4 cm³/mol. The third kappa shape index (κ3) is 2.61. The molecule has 0 radical (unpaired) electrons. The molecule has 2 saturated carbocycles. The van der Waals surface area contributed by atoms with Crippen LogP contribution in [0.2, 0.25) is 0 Å². The number of nitrogens with one attached hydrogen (secondary N) is 2. The van der Waals surface area contributed by atoms with Gasteiger partial charge in [0.1, 0.15) is 18.0 Å². The molecule has 3 heterocycles.